The number of aromatic amines is 1. The lowest BCUT2D eigenvalue weighted by Gasteiger charge is -2.15. The molecular formula is C15H21N3O3. The van der Waals surface area contributed by atoms with Gasteiger partial charge in [-0.3, -0.25) is 0 Å². The third-order valence-electron chi connectivity index (χ3n) is 3.24. The van der Waals surface area contributed by atoms with Gasteiger partial charge < -0.3 is 24.5 Å². The molecule has 0 spiro atoms. The zero-order chi connectivity index (χ0) is 15.1. The predicted octanol–water partition coefficient (Wildman–Crippen LogP) is 1.77. The number of aromatic nitrogens is 2. The van der Waals surface area contributed by atoms with Gasteiger partial charge in [-0.15, -0.1) is 0 Å². The maximum Gasteiger partial charge on any atom is 0.130 e. The molecule has 0 saturated heterocycles. The smallest absolute Gasteiger partial charge is 0.130 e. The maximum atomic E-state index is 5.42. The van der Waals surface area contributed by atoms with Crippen LogP contribution in [0.5, 0.6) is 17.2 Å². The highest BCUT2D eigenvalue weighted by atomic mass is 16.5. The lowest BCUT2D eigenvalue weighted by atomic mass is 10.1. The maximum absolute atomic E-state index is 5.42. The Bertz CT molecular complexity index is 530. The number of hydrogen-bond donors (Lipinski definition) is 2. The lowest BCUT2D eigenvalue weighted by molar-refractivity contribution is 0.366. The van der Waals surface area contributed by atoms with Crippen molar-refractivity contribution < 1.29 is 14.2 Å². The molecular weight excluding hydrogens is 270 g/mol. The monoisotopic (exact) mass is 291 g/mol. The molecule has 114 valence electrons. The number of hydrogen-bond acceptors (Lipinski definition) is 5. The quantitative estimate of drug-likeness (QED) is 0.725. The number of benzene rings is 1. The number of nitrogens with zero attached hydrogens (tertiary/aromatic N) is 1. The van der Waals surface area contributed by atoms with Crippen molar-refractivity contribution in [2.24, 2.45) is 0 Å². The first-order valence-electron chi connectivity index (χ1n) is 6.75. The van der Waals surface area contributed by atoms with Crippen LogP contribution >= 0.6 is 0 Å². The van der Waals surface area contributed by atoms with E-state index in [2.05, 4.69) is 15.3 Å². The third kappa shape index (κ3) is 3.88. The molecule has 0 amide bonds. The van der Waals surface area contributed by atoms with Crippen LogP contribution in [0.15, 0.2) is 24.7 Å². The fraction of sp³-hybridized carbons (Fsp3) is 0.400. The Morgan fingerprint density at radius 2 is 1.81 bits per heavy atom. The fourth-order valence-electron chi connectivity index (χ4n) is 2.11. The minimum atomic E-state index is 0.657. The van der Waals surface area contributed by atoms with Crippen LogP contribution in [0.2, 0.25) is 0 Å². The number of H-pyrrole nitrogens is 1. The number of nitrogens with one attached hydrogen (secondary N) is 2. The predicted molar refractivity (Wildman–Crippen MR) is 80.1 cm³/mol. The summed E-state index contributed by atoms with van der Waals surface area (Å²) in [6.45, 7) is 1.49. The summed E-state index contributed by atoms with van der Waals surface area (Å²) < 4.78 is 16.1. The number of ether oxygens (including phenoxy) is 3. The van der Waals surface area contributed by atoms with Crippen LogP contribution in [0.1, 0.15) is 11.3 Å². The van der Waals surface area contributed by atoms with Gasteiger partial charge in [-0.1, -0.05) is 0 Å². The van der Waals surface area contributed by atoms with Gasteiger partial charge in [0.2, 0.25) is 0 Å². The lowest BCUT2D eigenvalue weighted by Crippen LogP contribution is -2.18. The molecule has 1 heterocycles. The molecule has 2 aromatic rings. The second-order valence-electron chi connectivity index (χ2n) is 4.51. The second kappa shape index (κ2) is 7.54. The Morgan fingerprint density at radius 3 is 2.33 bits per heavy atom. The SMILES string of the molecule is COc1cc(OC)c(CNCCc2cnc[nH]2)c(OC)c1. The fourth-order valence-corrected chi connectivity index (χ4v) is 2.11. The minimum absolute atomic E-state index is 0.657. The van der Waals surface area contributed by atoms with E-state index in [1.54, 1.807) is 27.7 Å². The molecule has 2 N–H and O–H groups in total. The second-order valence-corrected chi connectivity index (χ2v) is 4.51. The van der Waals surface area contributed by atoms with Gasteiger partial charge >= 0.3 is 0 Å². The molecule has 6 heteroatoms. The molecule has 1 aromatic heterocycles. The molecule has 21 heavy (non-hydrogen) atoms. The Morgan fingerprint density at radius 1 is 1.10 bits per heavy atom. The molecule has 0 aliphatic rings. The average molecular weight is 291 g/mol. The van der Waals surface area contributed by atoms with Crippen LogP contribution in [-0.2, 0) is 13.0 Å². The van der Waals surface area contributed by atoms with Crippen molar-refractivity contribution in [1.29, 1.82) is 0 Å². The van der Waals surface area contributed by atoms with Crippen molar-refractivity contribution in [2.45, 2.75) is 13.0 Å². The summed E-state index contributed by atoms with van der Waals surface area (Å²) in [7, 11) is 4.90. The van der Waals surface area contributed by atoms with Crippen molar-refractivity contribution in [3.05, 3.63) is 35.9 Å². The van der Waals surface area contributed by atoms with E-state index >= 15 is 0 Å². The van der Waals surface area contributed by atoms with Crippen LogP contribution in [-0.4, -0.2) is 37.8 Å². The summed E-state index contributed by atoms with van der Waals surface area (Å²) in [6, 6.07) is 3.71. The van der Waals surface area contributed by atoms with Crippen molar-refractivity contribution in [1.82, 2.24) is 15.3 Å². The van der Waals surface area contributed by atoms with Crippen LogP contribution in [0, 0.1) is 0 Å². The summed E-state index contributed by atoms with van der Waals surface area (Å²) in [5, 5.41) is 3.38. The topological polar surface area (TPSA) is 68.4 Å². The van der Waals surface area contributed by atoms with E-state index in [1.807, 2.05) is 18.3 Å². The molecule has 0 fully saturated rings. The van der Waals surface area contributed by atoms with Gasteiger partial charge in [-0.25, -0.2) is 4.98 Å². The normalized spacial score (nSPS) is 10.4. The first kappa shape index (κ1) is 15.2. The molecule has 0 bridgehead atoms. The van der Waals surface area contributed by atoms with Gasteiger partial charge in [0.25, 0.3) is 0 Å². The molecule has 0 radical (unpaired) electrons. The van der Waals surface area contributed by atoms with E-state index in [4.69, 9.17) is 14.2 Å². The molecule has 0 atom stereocenters. The Hall–Kier alpha value is -2.21. The van der Waals surface area contributed by atoms with Gasteiger partial charge in [-0.05, 0) is 0 Å². The zero-order valence-electron chi connectivity index (χ0n) is 12.6. The van der Waals surface area contributed by atoms with E-state index in [0.717, 1.165) is 35.7 Å². The van der Waals surface area contributed by atoms with Crippen LogP contribution in [0.3, 0.4) is 0 Å². The molecule has 0 unspecified atom stereocenters. The van der Waals surface area contributed by atoms with E-state index < -0.39 is 0 Å². The molecule has 1 aromatic carbocycles. The summed E-state index contributed by atoms with van der Waals surface area (Å²) in [5.41, 5.74) is 2.08. The van der Waals surface area contributed by atoms with E-state index in [1.165, 1.54) is 0 Å². The van der Waals surface area contributed by atoms with Gasteiger partial charge in [0, 0.05) is 43.5 Å². The highest BCUT2D eigenvalue weighted by Gasteiger charge is 2.12. The van der Waals surface area contributed by atoms with E-state index in [9.17, 15) is 0 Å². The first-order valence-corrected chi connectivity index (χ1v) is 6.75. The average Bonchev–Trinajstić information content (AvgIpc) is 3.04. The van der Waals surface area contributed by atoms with Crippen molar-refractivity contribution in [2.75, 3.05) is 27.9 Å². The van der Waals surface area contributed by atoms with Gasteiger partial charge in [-0.2, -0.15) is 0 Å². The molecule has 2 rings (SSSR count). The van der Waals surface area contributed by atoms with Crippen LogP contribution in [0.4, 0.5) is 0 Å². The summed E-state index contributed by atoms with van der Waals surface area (Å²) in [4.78, 5) is 7.07. The standard InChI is InChI=1S/C15H21N3O3/c1-19-12-6-14(20-2)13(15(7-12)21-3)9-16-5-4-11-8-17-10-18-11/h6-8,10,16H,4-5,9H2,1-3H3,(H,17,18). The minimum Gasteiger partial charge on any atom is -0.496 e. The molecule has 6 nitrogen and oxygen atoms in total. The number of imidazole rings is 1. The van der Waals surface area contributed by atoms with Crippen molar-refractivity contribution in [3.8, 4) is 17.2 Å². The Labute approximate surface area is 124 Å². The number of methoxy groups -OCH3 is 3. The molecule has 0 aliphatic carbocycles. The van der Waals surface area contributed by atoms with Crippen molar-refractivity contribution >= 4 is 0 Å². The molecule has 0 aliphatic heterocycles. The van der Waals surface area contributed by atoms with Crippen LogP contribution < -0.4 is 19.5 Å². The highest BCUT2D eigenvalue weighted by Crippen LogP contribution is 2.33. The van der Waals surface area contributed by atoms with Gasteiger partial charge in [0.05, 0.1) is 33.2 Å². The van der Waals surface area contributed by atoms with Gasteiger partial charge in [0.1, 0.15) is 17.2 Å². The first-order chi connectivity index (χ1) is 10.3. The van der Waals surface area contributed by atoms with Gasteiger partial charge in [0.15, 0.2) is 0 Å². The third-order valence-corrected chi connectivity index (χ3v) is 3.24. The zero-order valence-corrected chi connectivity index (χ0v) is 12.6. The highest BCUT2D eigenvalue weighted by molar-refractivity contribution is 5.50. The largest absolute Gasteiger partial charge is 0.496 e. The summed E-state index contributed by atoms with van der Waals surface area (Å²) in [6.07, 6.45) is 4.40. The summed E-state index contributed by atoms with van der Waals surface area (Å²) in [5.74, 6) is 2.21. The van der Waals surface area contributed by atoms with E-state index in [-0.39, 0.29) is 0 Å². The molecule has 0 saturated carbocycles. The Kier molecular flexibility index (Phi) is 5.45. The Balaban J connectivity index is 2.00. The van der Waals surface area contributed by atoms with E-state index in [0.29, 0.717) is 12.3 Å². The van der Waals surface area contributed by atoms with Crippen LogP contribution in [0.25, 0.3) is 0 Å². The number of rotatable bonds is 8. The summed E-state index contributed by atoms with van der Waals surface area (Å²) >= 11 is 0. The van der Waals surface area contributed by atoms with Crippen molar-refractivity contribution in [3.63, 3.8) is 0 Å².